The van der Waals surface area contributed by atoms with Crippen molar-refractivity contribution in [3.8, 4) is 6.01 Å². The zero-order valence-corrected chi connectivity index (χ0v) is 19.1. The maximum Gasteiger partial charge on any atom is 0.328 e. The predicted molar refractivity (Wildman–Crippen MR) is 125 cm³/mol. The molecule has 0 aliphatic carbocycles. The van der Waals surface area contributed by atoms with E-state index in [-0.39, 0.29) is 0 Å². The van der Waals surface area contributed by atoms with Crippen LogP contribution in [0.4, 0.5) is 11.4 Å². The first-order valence-corrected chi connectivity index (χ1v) is 11.4. The molecule has 3 rings (SSSR count). The van der Waals surface area contributed by atoms with Gasteiger partial charge in [0.1, 0.15) is 0 Å². The maximum atomic E-state index is 11.3. The number of nitrogens with one attached hydrogen (secondary N) is 1. The average Bonchev–Trinajstić information content (AvgIpc) is 2.81. The van der Waals surface area contributed by atoms with Gasteiger partial charge < -0.3 is 19.9 Å². The van der Waals surface area contributed by atoms with E-state index in [1.165, 1.54) is 11.6 Å². The molecule has 0 radical (unpaired) electrons. The molecule has 0 spiro atoms. The van der Waals surface area contributed by atoms with Crippen LogP contribution >= 0.6 is 0 Å². The highest BCUT2D eigenvalue weighted by Gasteiger charge is 2.26. The zero-order chi connectivity index (χ0) is 22.9. The Kier molecular flexibility index (Phi) is 8.62. The summed E-state index contributed by atoms with van der Waals surface area (Å²) in [5, 5.41) is 12.8. The van der Waals surface area contributed by atoms with Crippen LogP contribution in [-0.4, -0.2) is 40.9 Å². The first kappa shape index (κ1) is 23.7. The molecule has 1 aliphatic rings. The van der Waals surface area contributed by atoms with Crippen molar-refractivity contribution in [3.63, 3.8) is 0 Å². The number of hydrogen-bond donors (Lipinski definition) is 2. The molecule has 0 amide bonds. The van der Waals surface area contributed by atoms with Crippen LogP contribution < -0.4 is 10.1 Å². The largest absolute Gasteiger partial charge is 0.478 e. The summed E-state index contributed by atoms with van der Waals surface area (Å²) < 4.78 is 10.9. The van der Waals surface area contributed by atoms with Gasteiger partial charge in [0, 0.05) is 25.0 Å². The van der Waals surface area contributed by atoms with Crippen molar-refractivity contribution in [2.75, 3.05) is 25.1 Å². The number of ether oxygens (including phenoxy) is 2. The van der Waals surface area contributed by atoms with Gasteiger partial charge in [-0.1, -0.05) is 26.0 Å². The minimum Gasteiger partial charge on any atom is -0.478 e. The normalized spacial score (nSPS) is 15.9. The van der Waals surface area contributed by atoms with Crippen molar-refractivity contribution in [3.05, 3.63) is 47.8 Å². The molecule has 7 heteroatoms. The van der Waals surface area contributed by atoms with Crippen LogP contribution in [0, 0.1) is 5.92 Å². The summed E-state index contributed by atoms with van der Waals surface area (Å²) in [7, 11) is 0. The molecule has 1 fully saturated rings. The van der Waals surface area contributed by atoms with Crippen LogP contribution in [-0.2, 0) is 9.53 Å². The summed E-state index contributed by atoms with van der Waals surface area (Å²) >= 11 is 0. The van der Waals surface area contributed by atoms with Crippen LogP contribution in [0.3, 0.4) is 0 Å². The Balaban J connectivity index is 2.00. The minimum absolute atomic E-state index is 0.346. The number of carboxylic acids is 1. The van der Waals surface area contributed by atoms with Gasteiger partial charge in [-0.2, -0.15) is 0 Å². The highest BCUT2D eigenvalue weighted by atomic mass is 16.5. The van der Waals surface area contributed by atoms with Gasteiger partial charge >= 0.3 is 12.0 Å². The van der Waals surface area contributed by atoms with E-state index in [4.69, 9.17) is 9.47 Å². The smallest absolute Gasteiger partial charge is 0.328 e. The third-order valence-corrected chi connectivity index (χ3v) is 5.96. The monoisotopic (exact) mass is 439 g/mol. The second-order valence-electron chi connectivity index (χ2n) is 7.94. The number of anilines is 2. The quantitative estimate of drug-likeness (QED) is 0.478. The Morgan fingerprint density at radius 1 is 1.25 bits per heavy atom. The third kappa shape index (κ3) is 6.07. The molecule has 1 saturated heterocycles. The van der Waals surface area contributed by atoms with Gasteiger partial charge in [-0.05, 0) is 67.2 Å². The highest BCUT2D eigenvalue weighted by molar-refractivity contribution is 5.90. The number of hydrogen-bond acceptors (Lipinski definition) is 6. The fourth-order valence-electron chi connectivity index (χ4n) is 4.39. The lowest BCUT2D eigenvalue weighted by Gasteiger charge is -2.31. The molecular formula is C25H33N3O4. The van der Waals surface area contributed by atoms with E-state index >= 15 is 0 Å². The average molecular weight is 440 g/mol. The van der Waals surface area contributed by atoms with Gasteiger partial charge in [0.05, 0.1) is 24.7 Å². The molecule has 2 aromatic rings. The molecule has 1 unspecified atom stereocenters. The summed E-state index contributed by atoms with van der Waals surface area (Å²) in [6.07, 6.45) is 8.44. The number of rotatable bonds is 10. The lowest BCUT2D eigenvalue weighted by molar-refractivity contribution is -0.131. The van der Waals surface area contributed by atoms with Gasteiger partial charge in [-0.15, -0.1) is 0 Å². The second kappa shape index (κ2) is 11.6. The molecule has 1 aromatic heterocycles. The highest BCUT2D eigenvalue weighted by Crippen LogP contribution is 2.40. The summed E-state index contributed by atoms with van der Waals surface area (Å²) in [5.74, 6) is -0.00137. The number of carboxylic acid groups (broad SMARTS) is 1. The van der Waals surface area contributed by atoms with Crippen molar-refractivity contribution < 1.29 is 19.4 Å². The molecule has 1 aromatic carbocycles. The first-order valence-electron chi connectivity index (χ1n) is 11.4. The molecule has 7 nitrogen and oxygen atoms in total. The van der Waals surface area contributed by atoms with Crippen LogP contribution in [0.15, 0.2) is 36.7 Å². The Bertz CT molecular complexity index is 921. The summed E-state index contributed by atoms with van der Waals surface area (Å²) in [4.78, 5) is 19.8. The molecule has 2 N–H and O–H groups in total. The van der Waals surface area contributed by atoms with E-state index in [1.807, 2.05) is 26.0 Å². The first-order chi connectivity index (χ1) is 15.5. The van der Waals surface area contributed by atoms with Crippen LogP contribution in [0.25, 0.3) is 5.57 Å². The summed E-state index contributed by atoms with van der Waals surface area (Å²) in [6, 6.07) is 6.57. The van der Waals surface area contributed by atoms with E-state index in [9.17, 15) is 9.90 Å². The van der Waals surface area contributed by atoms with Crippen LogP contribution in [0.2, 0.25) is 0 Å². The maximum absolute atomic E-state index is 11.3. The van der Waals surface area contributed by atoms with Crippen molar-refractivity contribution >= 4 is 22.9 Å². The molecule has 32 heavy (non-hydrogen) atoms. The second-order valence-corrected chi connectivity index (χ2v) is 7.94. The van der Waals surface area contributed by atoms with Gasteiger partial charge in [-0.3, -0.25) is 0 Å². The van der Waals surface area contributed by atoms with Gasteiger partial charge in [0.15, 0.2) is 0 Å². The van der Waals surface area contributed by atoms with E-state index < -0.39 is 5.97 Å². The Morgan fingerprint density at radius 3 is 2.56 bits per heavy atom. The number of carbonyl (C=O) groups is 1. The summed E-state index contributed by atoms with van der Waals surface area (Å²) in [5.41, 5.74) is 4.62. The van der Waals surface area contributed by atoms with Crippen molar-refractivity contribution in [2.45, 2.75) is 52.4 Å². The lowest BCUT2D eigenvalue weighted by Crippen LogP contribution is -2.22. The fraction of sp³-hybridized carbons (Fsp3) is 0.480. The van der Waals surface area contributed by atoms with Crippen molar-refractivity contribution in [2.24, 2.45) is 5.92 Å². The predicted octanol–water partition coefficient (Wildman–Crippen LogP) is 5.42. The number of allylic oxidation sites excluding steroid dienone is 1. The van der Waals surface area contributed by atoms with E-state index in [0.29, 0.717) is 30.9 Å². The van der Waals surface area contributed by atoms with Crippen LogP contribution in [0.5, 0.6) is 6.01 Å². The van der Waals surface area contributed by atoms with E-state index in [0.717, 1.165) is 55.0 Å². The minimum atomic E-state index is -0.936. The van der Waals surface area contributed by atoms with Gasteiger partial charge in [-0.25, -0.2) is 14.8 Å². The van der Waals surface area contributed by atoms with Crippen molar-refractivity contribution in [1.82, 2.24) is 9.97 Å². The zero-order valence-electron chi connectivity index (χ0n) is 19.1. The SMILES string of the molecule is CCOc1ncc(Nc2cc(/C(=C/C(=O)O)CC)ccc2C(CC)C2CCOCC2)cn1. The van der Waals surface area contributed by atoms with Crippen LogP contribution in [0.1, 0.15) is 63.5 Å². The third-order valence-electron chi connectivity index (χ3n) is 5.96. The lowest BCUT2D eigenvalue weighted by atomic mass is 9.78. The van der Waals surface area contributed by atoms with E-state index in [2.05, 4.69) is 28.3 Å². The Hall–Kier alpha value is -2.93. The topological polar surface area (TPSA) is 93.6 Å². The number of aromatic nitrogens is 2. The number of aliphatic carboxylic acids is 1. The molecule has 1 atom stereocenters. The number of benzene rings is 1. The molecular weight excluding hydrogens is 406 g/mol. The summed E-state index contributed by atoms with van der Waals surface area (Å²) in [6.45, 7) is 8.20. The Labute approximate surface area is 189 Å². The molecule has 1 aliphatic heterocycles. The van der Waals surface area contributed by atoms with Gasteiger partial charge in [0.25, 0.3) is 0 Å². The Morgan fingerprint density at radius 2 is 1.97 bits per heavy atom. The van der Waals surface area contributed by atoms with Crippen molar-refractivity contribution in [1.29, 1.82) is 0 Å². The molecule has 172 valence electrons. The molecule has 2 heterocycles. The molecule has 0 bridgehead atoms. The van der Waals surface area contributed by atoms with E-state index in [1.54, 1.807) is 12.4 Å². The standard InChI is InChI=1S/C25H33N3O4/c1-4-17(14-24(29)30)19-7-8-22(21(5-2)18-9-11-31-12-10-18)23(13-19)28-20-15-26-25(27-16-20)32-6-3/h7-8,13-16,18,21,28H,4-6,9-12H2,1-3H3,(H,29,30)/b17-14+. The fourth-order valence-corrected chi connectivity index (χ4v) is 4.39. The van der Waals surface area contributed by atoms with Gasteiger partial charge in [0.2, 0.25) is 0 Å². The molecule has 0 saturated carbocycles. The number of nitrogens with zero attached hydrogens (tertiary/aromatic N) is 2.